The second kappa shape index (κ2) is 4.67. The molecule has 2 rings (SSSR count). The lowest BCUT2D eigenvalue weighted by Crippen LogP contribution is -2.22. The monoisotopic (exact) mass is 206 g/mol. The van der Waals surface area contributed by atoms with Gasteiger partial charge >= 0.3 is 0 Å². The molecule has 1 aliphatic rings. The Hall–Kier alpha value is -1.02. The van der Waals surface area contributed by atoms with Crippen LogP contribution in [0.4, 0.5) is 0 Å². The number of hydrogen-bond donors (Lipinski definition) is 1. The van der Waals surface area contributed by atoms with Crippen molar-refractivity contribution in [2.24, 2.45) is 0 Å². The zero-order valence-corrected chi connectivity index (χ0v) is 9.15. The van der Waals surface area contributed by atoms with E-state index in [1.165, 1.54) is 12.0 Å². The highest BCUT2D eigenvalue weighted by atomic mass is 16.5. The average molecular weight is 206 g/mol. The summed E-state index contributed by atoms with van der Waals surface area (Å²) in [5, 5.41) is 9.95. The maximum Gasteiger partial charge on any atom is 0.119 e. The van der Waals surface area contributed by atoms with Crippen LogP contribution in [0.5, 0.6) is 5.75 Å². The van der Waals surface area contributed by atoms with E-state index >= 15 is 0 Å². The van der Waals surface area contributed by atoms with E-state index in [1.54, 1.807) is 7.11 Å². The minimum Gasteiger partial charge on any atom is -0.497 e. The number of aliphatic hydroxyl groups excluding tert-OH is 1. The van der Waals surface area contributed by atoms with E-state index in [2.05, 4.69) is 6.07 Å². The third kappa shape index (κ3) is 2.32. The molecule has 0 bridgehead atoms. The Balaban J connectivity index is 2.19. The largest absolute Gasteiger partial charge is 0.497 e. The molecule has 0 radical (unpaired) electrons. The average Bonchev–Trinajstić information content (AvgIpc) is 2.30. The molecular formula is C13H18O2. The second-order valence-corrected chi connectivity index (χ2v) is 4.23. The Kier molecular flexibility index (Phi) is 3.27. The lowest BCUT2D eigenvalue weighted by molar-refractivity contribution is 0.106. The molecule has 2 nitrogen and oxygen atoms in total. The highest BCUT2D eigenvalue weighted by Crippen LogP contribution is 2.34. The van der Waals surface area contributed by atoms with Gasteiger partial charge in [-0.1, -0.05) is 25.0 Å². The molecule has 0 amide bonds. The molecule has 15 heavy (non-hydrogen) atoms. The van der Waals surface area contributed by atoms with Crippen LogP contribution in [0, 0.1) is 0 Å². The van der Waals surface area contributed by atoms with Gasteiger partial charge in [0.25, 0.3) is 0 Å². The minimum atomic E-state index is -0.175. The summed E-state index contributed by atoms with van der Waals surface area (Å²) < 4.78 is 5.20. The van der Waals surface area contributed by atoms with Gasteiger partial charge in [0, 0.05) is 5.92 Å². The predicted octanol–water partition coefficient (Wildman–Crippen LogP) is 2.71. The van der Waals surface area contributed by atoms with E-state index in [-0.39, 0.29) is 6.10 Å². The van der Waals surface area contributed by atoms with Gasteiger partial charge in [-0.25, -0.2) is 0 Å². The van der Waals surface area contributed by atoms with Gasteiger partial charge in [-0.05, 0) is 30.5 Å². The normalized spacial score (nSPS) is 26.3. The summed E-state index contributed by atoms with van der Waals surface area (Å²) >= 11 is 0. The molecule has 2 atom stereocenters. The van der Waals surface area contributed by atoms with Gasteiger partial charge in [0.15, 0.2) is 0 Å². The predicted molar refractivity (Wildman–Crippen MR) is 60.2 cm³/mol. The molecule has 1 aliphatic carbocycles. The Morgan fingerprint density at radius 3 is 2.80 bits per heavy atom. The van der Waals surface area contributed by atoms with Gasteiger partial charge in [0.1, 0.15) is 5.75 Å². The molecule has 2 heteroatoms. The van der Waals surface area contributed by atoms with Crippen molar-refractivity contribution in [2.45, 2.75) is 37.7 Å². The fourth-order valence-electron chi connectivity index (χ4n) is 2.37. The van der Waals surface area contributed by atoms with Gasteiger partial charge in [-0.15, -0.1) is 0 Å². The van der Waals surface area contributed by atoms with Crippen molar-refractivity contribution in [3.8, 4) is 5.75 Å². The summed E-state index contributed by atoms with van der Waals surface area (Å²) in [6.45, 7) is 0. The van der Waals surface area contributed by atoms with Crippen LogP contribution in [-0.4, -0.2) is 18.3 Å². The molecule has 1 fully saturated rings. The van der Waals surface area contributed by atoms with Crippen LogP contribution in [-0.2, 0) is 0 Å². The van der Waals surface area contributed by atoms with E-state index in [0.29, 0.717) is 5.92 Å². The van der Waals surface area contributed by atoms with Crippen LogP contribution in [0.15, 0.2) is 24.3 Å². The van der Waals surface area contributed by atoms with Gasteiger partial charge in [0.2, 0.25) is 0 Å². The minimum absolute atomic E-state index is 0.175. The first-order valence-electron chi connectivity index (χ1n) is 5.63. The third-order valence-electron chi connectivity index (χ3n) is 3.25. The van der Waals surface area contributed by atoms with Gasteiger partial charge in [-0.3, -0.25) is 0 Å². The van der Waals surface area contributed by atoms with Crippen molar-refractivity contribution < 1.29 is 9.84 Å². The molecule has 0 unspecified atom stereocenters. The zero-order chi connectivity index (χ0) is 10.7. The molecule has 1 saturated carbocycles. The van der Waals surface area contributed by atoms with Crippen LogP contribution in [0.25, 0.3) is 0 Å². The van der Waals surface area contributed by atoms with E-state index in [0.717, 1.165) is 25.0 Å². The molecule has 1 N–H and O–H groups in total. The standard InChI is InChI=1S/C13H18O2/c1-15-11-6-4-5-10(9-11)12-7-2-3-8-13(12)14/h4-6,9,12-14H,2-3,7-8H2,1H3/t12-,13+/m0/s1. The molecule has 0 heterocycles. The highest BCUT2D eigenvalue weighted by Gasteiger charge is 2.24. The first kappa shape index (κ1) is 10.5. The summed E-state index contributed by atoms with van der Waals surface area (Å²) in [5.74, 6) is 1.18. The highest BCUT2D eigenvalue weighted by molar-refractivity contribution is 5.31. The molecule has 0 aliphatic heterocycles. The first-order chi connectivity index (χ1) is 7.31. The second-order valence-electron chi connectivity index (χ2n) is 4.23. The Morgan fingerprint density at radius 2 is 2.07 bits per heavy atom. The summed E-state index contributed by atoms with van der Waals surface area (Å²) in [7, 11) is 1.68. The van der Waals surface area contributed by atoms with Crippen molar-refractivity contribution in [1.29, 1.82) is 0 Å². The lowest BCUT2D eigenvalue weighted by Gasteiger charge is -2.28. The van der Waals surface area contributed by atoms with E-state index in [1.807, 2.05) is 18.2 Å². The number of methoxy groups -OCH3 is 1. The maximum atomic E-state index is 9.95. The van der Waals surface area contributed by atoms with E-state index < -0.39 is 0 Å². The Labute approximate surface area is 90.9 Å². The van der Waals surface area contributed by atoms with Crippen LogP contribution >= 0.6 is 0 Å². The van der Waals surface area contributed by atoms with Gasteiger partial charge < -0.3 is 9.84 Å². The van der Waals surface area contributed by atoms with Crippen LogP contribution < -0.4 is 4.74 Å². The van der Waals surface area contributed by atoms with Crippen molar-refractivity contribution in [3.05, 3.63) is 29.8 Å². The number of benzene rings is 1. The number of ether oxygens (including phenoxy) is 1. The topological polar surface area (TPSA) is 29.5 Å². The molecular weight excluding hydrogens is 188 g/mol. The number of rotatable bonds is 2. The molecule has 0 aromatic heterocycles. The molecule has 82 valence electrons. The fraction of sp³-hybridized carbons (Fsp3) is 0.538. The lowest BCUT2D eigenvalue weighted by atomic mass is 9.82. The molecule has 1 aromatic rings. The molecule has 0 saturated heterocycles. The molecule has 0 spiro atoms. The van der Waals surface area contributed by atoms with E-state index in [9.17, 15) is 5.11 Å². The molecule has 1 aromatic carbocycles. The number of aliphatic hydroxyl groups is 1. The fourth-order valence-corrected chi connectivity index (χ4v) is 2.37. The Bertz CT molecular complexity index is 322. The van der Waals surface area contributed by atoms with Crippen molar-refractivity contribution in [3.63, 3.8) is 0 Å². The van der Waals surface area contributed by atoms with Crippen molar-refractivity contribution in [1.82, 2.24) is 0 Å². The van der Waals surface area contributed by atoms with E-state index in [4.69, 9.17) is 4.74 Å². The SMILES string of the molecule is COc1cccc([C@@H]2CCCC[C@H]2O)c1. The van der Waals surface area contributed by atoms with Crippen LogP contribution in [0.1, 0.15) is 37.2 Å². The quantitative estimate of drug-likeness (QED) is 0.806. The Morgan fingerprint density at radius 1 is 1.27 bits per heavy atom. The smallest absolute Gasteiger partial charge is 0.119 e. The van der Waals surface area contributed by atoms with Crippen LogP contribution in [0.2, 0.25) is 0 Å². The summed E-state index contributed by atoms with van der Waals surface area (Å²) in [4.78, 5) is 0. The van der Waals surface area contributed by atoms with Crippen molar-refractivity contribution in [2.75, 3.05) is 7.11 Å². The summed E-state index contributed by atoms with van der Waals surface area (Å²) in [6.07, 6.45) is 4.22. The maximum absolute atomic E-state index is 9.95. The van der Waals surface area contributed by atoms with Gasteiger partial charge in [0.05, 0.1) is 13.2 Å². The first-order valence-corrected chi connectivity index (χ1v) is 5.63. The summed E-state index contributed by atoms with van der Waals surface area (Å²) in [5.41, 5.74) is 1.21. The number of hydrogen-bond acceptors (Lipinski definition) is 2. The van der Waals surface area contributed by atoms with Gasteiger partial charge in [-0.2, -0.15) is 0 Å². The van der Waals surface area contributed by atoms with Crippen LogP contribution in [0.3, 0.4) is 0 Å². The third-order valence-corrected chi connectivity index (χ3v) is 3.25. The van der Waals surface area contributed by atoms with Crippen molar-refractivity contribution >= 4 is 0 Å². The zero-order valence-electron chi connectivity index (χ0n) is 9.15. The summed E-state index contributed by atoms with van der Waals surface area (Å²) in [6, 6.07) is 8.06.